The van der Waals surface area contributed by atoms with Crippen LogP contribution in [0.4, 0.5) is 0 Å². The first kappa shape index (κ1) is 14.0. The Morgan fingerprint density at radius 3 is 1.91 bits per heavy atom. The third kappa shape index (κ3) is 4.83. The molecule has 0 nitrogen and oxygen atoms in total. The molecule has 1 unspecified atom stereocenters. The molecule has 56 valence electrons. The molecule has 1 rings (SSSR count). The van der Waals surface area contributed by atoms with Crippen molar-refractivity contribution >= 4 is 23.1 Å². The maximum Gasteiger partial charge on any atom is 2.00 e. The molecule has 0 N–H and O–H groups in total. The van der Waals surface area contributed by atoms with Crippen LogP contribution in [0.1, 0.15) is 18.4 Å². The van der Waals surface area contributed by atoms with Crippen LogP contribution < -0.4 is 17.0 Å². The van der Waals surface area contributed by atoms with E-state index in [1.54, 1.807) is 0 Å². The van der Waals surface area contributed by atoms with Crippen LogP contribution in [0.15, 0.2) is 30.3 Å². The van der Waals surface area contributed by atoms with Crippen molar-refractivity contribution in [3.63, 3.8) is 0 Å². The zero-order chi connectivity index (χ0) is 6.69. The van der Waals surface area contributed by atoms with Crippen molar-refractivity contribution in [1.29, 1.82) is 0 Å². The van der Waals surface area contributed by atoms with Gasteiger partial charge in [0.25, 0.3) is 0 Å². The third-order valence-corrected chi connectivity index (χ3v) is 1.37. The van der Waals surface area contributed by atoms with Gasteiger partial charge < -0.3 is 23.9 Å². The fourth-order valence-corrected chi connectivity index (χ4v) is 0.782. The summed E-state index contributed by atoms with van der Waals surface area (Å²) in [5.74, 6) is 0.409. The van der Waals surface area contributed by atoms with Gasteiger partial charge in [0, 0.05) is 0 Å². The molecule has 1 aromatic carbocycles. The predicted octanol–water partition coefficient (Wildman–Crippen LogP) is -0.753. The maximum atomic E-state index is 3.91. The summed E-state index contributed by atoms with van der Waals surface area (Å²) in [5.41, 5.74) is 1.30. The van der Waals surface area contributed by atoms with E-state index in [0.29, 0.717) is 5.92 Å². The van der Waals surface area contributed by atoms with Gasteiger partial charge in [-0.05, 0) is 0 Å². The smallest absolute Gasteiger partial charge is 1.00 e. The Bertz CT molecular complexity index is 172. The number of rotatable bonds is 1. The molecule has 0 amide bonds. The Kier molecular flexibility index (Phi) is 9.09. The fourth-order valence-electron chi connectivity index (χ4n) is 0.782. The third-order valence-electron chi connectivity index (χ3n) is 1.37. The van der Waals surface area contributed by atoms with Gasteiger partial charge in [0.05, 0.1) is 0 Å². The molecule has 0 aliphatic heterocycles. The second-order valence-corrected chi connectivity index (χ2v) is 2.31. The van der Waals surface area contributed by atoms with Crippen LogP contribution in [-0.2, 0) is 0 Å². The molecule has 0 aromatic heterocycles. The monoisotopic (exact) mass is 222 g/mol. The summed E-state index contributed by atoms with van der Waals surface area (Å²) in [7, 11) is 0. The minimum absolute atomic E-state index is 0. The van der Waals surface area contributed by atoms with Crippen LogP contribution in [0.25, 0.3) is 0 Å². The van der Waals surface area contributed by atoms with Crippen LogP contribution in [-0.4, -0.2) is 23.1 Å². The van der Waals surface area contributed by atoms with E-state index in [9.17, 15) is 0 Å². The van der Waals surface area contributed by atoms with Crippen molar-refractivity contribution in [2.75, 3.05) is 0 Å². The molecule has 0 aliphatic rings. The summed E-state index contributed by atoms with van der Waals surface area (Å²) in [5, 5.41) is 0. The van der Waals surface area contributed by atoms with Gasteiger partial charge in [-0.1, -0.05) is 42.8 Å². The second kappa shape index (κ2) is 7.13. The van der Waals surface area contributed by atoms with Crippen LogP contribution in [0.5, 0.6) is 0 Å². The summed E-state index contributed by atoms with van der Waals surface area (Å²) < 4.78 is 0. The molecule has 0 saturated heterocycles. The SMILES string of the molecule is [Br-].[CH2-]C(C)c1ccccc1.[Mg+2]. The quantitative estimate of drug-likeness (QED) is 0.434. The molecule has 11 heavy (non-hydrogen) atoms. The standard InChI is InChI=1S/C9H11.BrH.Mg/c1-8(2)9-6-4-3-5-7-9;;/h3-8H,1H2,2H3;1H;/q-1;;+2/p-1. The van der Waals surface area contributed by atoms with Crippen LogP contribution >= 0.6 is 0 Å². The number of benzene rings is 1. The van der Waals surface area contributed by atoms with Gasteiger partial charge in [-0.15, -0.1) is 5.92 Å². The Morgan fingerprint density at radius 2 is 1.64 bits per heavy atom. The van der Waals surface area contributed by atoms with Crippen LogP contribution in [0, 0.1) is 6.92 Å². The van der Waals surface area contributed by atoms with E-state index in [-0.39, 0.29) is 40.0 Å². The van der Waals surface area contributed by atoms with E-state index >= 15 is 0 Å². The molecule has 0 spiro atoms. The van der Waals surface area contributed by atoms with E-state index in [2.05, 4.69) is 26.0 Å². The summed E-state index contributed by atoms with van der Waals surface area (Å²) in [6, 6.07) is 10.3. The first-order chi connectivity index (χ1) is 4.30. The number of halogens is 1. The van der Waals surface area contributed by atoms with Crippen molar-refractivity contribution in [3.8, 4) is 0 Å². The Morgan fingerprint density at radius 1 is 1.18 bits per heavy atom. The largest absolute Gasteiger partial charge is 2.00 e. The molecule has 0 aliphatic carbocycles. The van der Waals surface area contributed by atoms with Crippen LogP contribution in [0.3, 0.4) is 0 Å². The Labute approximate surface area is 95.3 Å². The molecule has 2 heteroatoms. The molecule has 0 saturated carbocycles. The van der Waals surface area contributed by atoms with Crippen molar-refractivity contribution in [3.05, 3.63) is 42.8 Å². The first-order valence-corrected chi connectivity index (χ1v) is 3.18. The molecular formula is C9H11BrMg. The van der Waals surface area contributed by atoms with E-state index in [1.807, 2.05) is 18.2 Å². The van der Waals surface area contributed by atoms with Gasteiger partial charge in [0.15, 0.2) is 0 Å². The van der Waals surface area contributed by atoms with Crippen molar-refractivity contribution < 1.29 is 17.0 Å². The average Bonchev–Trinajstić information content (AvgIpc) is 1.90. The molecule has 0 heterocycles. The van der Waals surface area contributed by atoms with Gasteiger partial charge >= 0.3 is 23.1 Å². The topological polar surface area (TPSA) is 0 Å². The van der Waals surface area contributed by atoms with Gasteiger partial charge in [0.2, 0.25) is 0 Å². The summed E-state index contributed by atoms with van der Waals surface area (Å²) in [6.45, 7) is 6.00. The van der Waals surface area contributed by atoms with Gasteiger partial charge in [-0.2, -0.15) is 0 Å². The Hall–Kier alpha value is 0.466. The van der Waals surface area contributed by atoms with E-state index in [1.165, 1.54) is 5.56 Å². The molecule has 0 fully saturated rings. The zero-order valence-electron chi connectivity index (χ0n) is 6.76. The second-order valence-electron chi connectivity index (χ2n) is 2.31. The van der Waals surface area contributed by atoms with E-state index in [0.717, 1.165) is 0 Å². The molecule has 0 bridgehead atoms. The summed E-state index contributed by atoms with van der Waals surface area (Å²) >= 11 is 0. The predicted molar refractivity (Wildman–Crippen MR) is 46.0 cm³/mol. The minimum atomic E-state index is 0. The summed E-state index contributed by atoms with van der Waals surface area (Å²) in [6.07, 6.45) is 0. The normalized spacial score (nSPS) is 10.7. The summed E-state index contributed by atoms with van der Waals surface area (Å²) in [4.78, 5) is 0. The van der Waals surface area contributed by atoms with Crippen molar-refractivity contribution in [2.45, 2.75) is 12.8 Å². The van der Waals surface area contributed by atoms with Gasteiger partial charge in [0.1, 0.15) is 0 Å². The van der Waals surface area contributed by atoms with Gasteiger partial charge in [-0.3, -0.25) is 0 Å². The van der Waals surface area contributed by atoms with Crippen molar-refractivity contribution in [1.82, 2.24) is 0 Å². The average molecular weight is 223 g/mol. The first-order valence-electron chi connectivity index (χ1n) is 3.18. The molecule has 1 aromatic rings. The molecule has 0 radical (unpaired) electrons. The number of hydrogen-bond acceptors (Lipinski definition) is 0. The van der Waals surface area contributed by atoms with E-state index in [4.69, 9.17) is 0 Å². The van der Waals surface area contributed by atoms with Crippen molar-refractivity contribution in [2.24, 2.45) is 0 Å². The minimum Gasteiger partial charge on any atom is -1.00 e. The zero-order valence-corrected chi connectivity index (χ0v) is 9.76. The number of hydrogen-bond donors (Lipinski definition) is 0. The fraction of sp³-hybridized carbons (Fsp3) is 0.222. The Balaban J connectivity index is 0. The molecular weight excluding hydrogens is 212 g/mol. The maximum absolute atomic E-state index is 3.91. The van der Waals surface area contributed by atoms with Crippen LogP contribution in [0.2, 0.25) is 0 Å². The van der Waals surface area contributed by atoms with Gasteiger partial charge in [-0.25, -0.2) is 0 Å². The molecule has 1 atom stereocenters. The van der Waals surface area contributed by atoms with E-state index < -0.39 is 0 Å².